The Morgan fingerprint density at radius 1 is 1.29 bits per heavy atom. The first-order chi connectivity index (χ1) is 14.4. The van der Waals surface area contributed by atoms with Crippen molar-refractivity contribution in [3.63, 3.8) is 0 Å². The zero-order valence-corrected chi connectivity index (χ0v) is 18.3. The highest BCUT2D eigenvalue weighted by molar-refractivity contribution is 7.88. The Kier molecular flexibility index (Phi) is 5.34. The van der Waals surface area contributed by atoms with Crippen LogP contribution in [-0.4, -0.2) is 57.7 Å². The Hall–Kier alpha value is -2.45. The summed E-state index contributed by atoms with van der Waals surface area (Å²) in [6.45, 7) is 2.59. The van der Waals surface area contributed by atoms with Gasteiger partial charge in [-0.25, -0.2) is 27.2 Å². The summed E-state index contributed by atoms with van der Waals surface area (Å²) < 4.78 is 65.7. The second-order valence-electron chi connectivity index (χ2n) is 7.38. The van der Waals surface area contributed by atoms with E-state index in [4.69, 9.17) is 5.73 Å². The van der Waals surface area contributed by atoms with Crippen molar-refractivity contribution in [1.29, 1.82) is 0 Å². The lowest BCUT2D eigenvalue weighted by molar-refractivity contribution is -0.137. The van der Waals surface area contributed by atoms with E-state index in [1.807, 2.05) is 0 Å². The van der Waals surface area contributed by atoms with Crippen molar-refractivity contribution in [1.82, 2.24) is 23.9 Å². The fourth-order valence-electron chi connectivity index (χ4n) is 3.52. The number of halogens is 3. The Morgan fingerprint density at radius 2 is 1.97 bits per heavy atom. The molecular formula is C17H20F3N7O2S2. The van der Waals surface area contributed by atoms with Crippen molar-refractivity contribution in [2.24, 2.45) is 0 Å². The van der Waals surface area contributed by atoms with Crippen molar-refractivity contribution < 1.29 is 21.6 Å². The number of hydrogen-bond donors (Lipinski definition) is 2. The smallest absolute Gasteiger partial charge is 0.383 e. The number of aryl methyl sites for hydroxylation is 1. The second-order valence-corrected chi connectivity index (χ2v) is 10.3. The van der Waals surface area contributed by atoms with Gasteiger partial charge in [-0.2, -0.15) is 13.2 Å². The SMILES string of the molecule is Cc1c(-c2cnc(N)c(C(F)(F)F)c2)nc2sc(NC3CCN(S(C)(=O)=O)CC3)nn12. The standard InChI is InChI=1S/C17H20F3N7O2S2/c1-9-13(10-7-12(17(18,19)20)14(21)22-8-10)24-16-27(9)25-15(30-16)23-11-3-5-26(6-4-11)31(2,28)29/h7-8,11H,3-6H2,1-2H3,(H2,21,22)(H,23,25). The molecule has 1 aliphatic rings. The number of nitrogen functional groups attached to an aromatic ring is 1. The molecular weight excluding hydrogens is 455 g/mol. The van der Waals surface area contributed by atoms with Crippen LogP contribution in [0.1, 0.15) is 24.1 Å². The molecule has 4 rings (SSSR count). The van der Waals surface area contributed by atoms with Crippen molar-refractivity contribution in [2.45, 2.75) is 32.0 Å². The van der Waals surface area contributed by atoms with Gasteiger partial charge in [0, 0.05) is 30.9 Å². The average molecular weight is 476 g/mol. The Bertz CT molecular complexity index is 1230. The first-order valence-corrected chi connectivity index (χ1v) is 12.0. The minimum absolute atomic E-state index is 0.0734. The first-order valence-electron chi connectivity index (χ1n) is 9.34. The van der Waals surface area contributed by atoms with Crippen LogP contribution in [0.2, 0.25) is 0 Å². The number of hydrogen-bond acceptors (Lipinski definition) is 8. The first kappa shape index (κ1) is 21.8. The minimum atomic E-state index is -4.61. The number of nitrogens with zero attached hydrogens (tertiary/aromatic N) is 5. The third-order valence-electron chi connectivity index (χ3n) is 5.18. The topological polar surface area (TPSA) is 119 Å². The van der Waals surface area contributed by atoms with Gasteiger partial charge in [0.05, 0.1) is 23.2 Å². The number of alkyl halides is 3. The molecule has 9 nitrogen and oxygen atoms in total. The predicted octanol–water partition coefficient (Wildman–Crippen LogP) is 2.60. The number of piperidine rings is 1. The van der Waals surface area contributed by atoms with Crippen LogP contribution >= 0.6 is 11.3 Å². The van der Waals surface area contributed by atoms with Gasteiger partial charge in [-0.1, -0.05) is 11.3 Å². The van der Waals surface area contributed by atoms with Crippen molar-refractivity contribution in [2.75, 3.05) is 30.4 Å². The fraction of sp³-hybridized carbons (Fsp3) is 0.471. The molecule has 31 heavy (non-hydrogen) atoms. The fourth-order valence-corrected chi connectivity index (χ4v) is 5.32. The molecule has 1 fully saturated rings. The van der Waals surface area contributed by atoms with Crippen LogP contribution in [-0.2, 0) is 16.2 Å². The number of imidazole rings is 1. The molecule has 0 aliphatic carbocycles. The third kappa shape index (κ3) is 4.32. The second kappa shape index (κ2) is 7.60. The monoisotopic (exact) mass is 475 g/mol. The average Bonchev–Trinajstić information content (AvgIpc) is 3.20. The molecule has 1 aliphatic heterocycles. The summed E-state index contributed by atoms with van der Waals surface area (Å²) in [6, 6.07) is 1.01. The zero-order valence-electron chi connectivity index (χ0n) is 16.6. The Labute approximate surface area is 180 Å². The van der Waals surface area contributed by atoms with Gasteiger partial charge in [-0.15, -0.1) is 5.10 Å². The highest BCUT2D eigenvalue weighted by atomic mass is 32.2. The predicted molar refractivity (Wildman–Crippen MR) is 111 cm³/mol. The van der Waals surface area contributed by atoms with E-state index in [9.17, 15) is 21.6 Å². The maximum atomic E-state index is 13.2. The molecule has 4 heterocycles. The Balaban J connectivity index is 1.54. The molecule has 14 heteroatoms. The molecule has 168 valence electrons. The summed E-state index contributed by atoms with van der Waals surface area (Å²) in [5.41, 5.74) is 5.51. The summed E-state index contributed by atoms with van der Waals surface area (Å²) >= 11 is 1.27. The molecule has 0 radical (unpaired) electrons. The van der Waals surface area contributed by atoms with Crippen LogP contribution in [0.15, 0.2) is 12.3 Å². The van der Waals surface area contributed by atoms with Crippen molar-refractivity contribution in [3.8, 4) is 11.3 Å². The number of pyridine rings is 1. The largest absolute Gasteiger partial charge is 0.419 e. The van der Waals surface area contributed by atoms with E-state index in [0.29, 0.717) is 47.4 Å². The van der Waals surface area contributed by atoms with E-state index in [2.05, 4.69) is 20.4 Å². The molecule has 0 spiro atoms. The van der Waals surface area contributed by atoms with Crippen LogP contribution in [0.5, 0.6) is 0 Å². The summed E-state index contributed by atoms with van der Waals surface area (Å²) in [5.74, 6) is -0.582. The number of rotatable bonds is 4. The van der Waals surface area contributed by atoms with Gasteiger partial charge in [0.15, 0.2) is 0 Å². The summed E-state index contributed by atoms with van der Waals surface area (Å²) in [5, 5.41) is 8.38. The number of sulfonamides is 1. The van der Waals surface area contributed by atoms with Crippen LogP contribution in [0.25, 0.3) is 16.2 Å². The molecule has 1 saturated heterocycles. The molecule has 3 aromatic rings. The molecule has 0 saturated carbocycles. The van der Waals surface area contributed by atoms with Gasteiger partial charge in [0.25, 0.3) is 0 Å². The van der Waals surface area contributed by atoms with Gasteiger partial charge < -0.3 is 11.1 Å². The van der Waals surface area contributed by atoms with Gasteiger partial charge in [0.1, 0.15) is 5.82 Å². The number of fused-ring (bicyclic) bond motifs is 1. The summed E-state index contributed by atoms with van der Waals surface area (Å²) in [6.07, 6.45) is -0.850. The number of aromatic nitrogens is 4. The van der Waals surface area contributed by atoms with Gasteiger partial charge in [0.2, 0.25) is 20.1 Å². The van der Waals surface area contributed by atoms with Crippen LogP contribution in [0.3, 0.4) is 0 Å². The molecule has 0 amide bonds. The third-order valence-corrected chi connectivity index (χ3v) is 7.32. The van der Waals surface area contributed by atoms with E-state index in [1.165, 1.54) is 28.1 Å². The van der Waals surface area contributed by atoms with E-state index < -0.39 is 27.6 Å². The van der Waals surface area contributed by atoms with E-state index in [0.717, 1.165) is 6.07 Å². The summed E-state index contributed by atoms with van der Waals surface area (Å²) in [7, 11) is -3.19. The molecule has 3 aromatic heterocycles. The van der Waals surface area contributed by atoms with E-state index in [1.54, 1.807) is 11.4 Å². The lowest BCUT2D eigenvalue weighted by atomic mass is 10.1. The van der Waals surface area contributed by atoms with Crippen LogP contribution in [0, 0.1) is 6.92 Å². The number of nitrogens with two attached hydrogens (primary N) is 1. The summed E-state index contributed by atoms with van der Waals surface area (Å²) in [4.78, 5) is 8.63. The normalized spacial score (nSPS) is 16.8. The highest BCUT2D eigenvalue weighted by Gasteiger charge is 2.34. The molecule has 0 unspecified atom stereocenters. The van der Waals surface area contributed by atoms with Gasteiger partial charge >= 0.3 is 6.18 Å². The van der Waals surface area contributed by atoms with Gasteiger partial charge in [-0.3, -0.25) is 0 Å². The number of anilines is 2. The molecule has 0 atom stereocenters. The van der Waals surface area contributed by atoms with E-state index in [-0.39, 0.29) is 11.6 Å². The molecule has 0 aromatic carbocycles. The maximum absolute atomic E-state index is 13.2. The number of nitrogens with one attached hydrogen (secondary N) is 1. The lowest BCUT2D eigenvalue weighted by Crippen LogP contribution is -2.41. The van der Waals surface area contributed by atoms with Crippen molar-refractivity contribution in [3.05, 3.63) is 23.5 Å². The minimum Gasteiger partial charge on any atom is -0.383 e. The molecule has 0 bridgehead atoms. The lowest BCUT2D eigenvalue weighted by Gasteiger charge is -2.30. The van der Waals surface area contributed by atoms with Gasteiger partial charge in [-0.05, 0) is 25.8 Å². The highest BCUT2D eigenvalue weighted by Crippen LogP contribution is 2.36. The van der Waals surface area contributed by atoms with Crippen LogP contribution < -0.4 is 11.1 Å². The quantitative estimate of drug-likeness (QED) is 0.595. The Morgan fingerprint density at radius 3 is 2.55 bits per heavy atom. The maximum Gasteiger partial charge on any atom is 0.419 e. The zero-order chi connectivity index (χ0) is 22.6. The molecule has 3 N–H and O–H groups in total. The van der Waals surface area contributed by atoms with Crippen molar-refractivity contribution >= 4 is 37.3 Å². The van der Waals surface area contributed by atoms with E-state index >= 15 is 0 Å². The van der Waals surface area contributed by atoms with Crippen LogP contribution in [0.4, 0.5) is 24.1 Å².